The van der Waals surface area contributed by atoms with Crippen LogP contribution in [0.4, 0.5) is 0 Å². The lowest BCUT2D eigenvalue weighted by atomic mass is 9.86. The van der Waals surface area contributed by atoms with Gasteiger partial charge in [-0.3, -0.25) is 0 Å². The van der Waals surface area contributed by atoms with E-state index in [-0.39, 0.29) is 11.5 Å². The van der Waals surface area contributed by atoms with Crippen molar-refractivity contribution in [3.63, 3.8) is 0 Å². The van der Waals surface area contributed by atoms with Crippen molar-refractivity contribution in [1.29, 1.82) is 0 Å². The molecule has 0 saturated heterocycles. The van der Waals surface area contributed by atoms with Crippen LogP contribution in [-0.2, 0) is 11.8 Å². The molecule has 0 heterocycles. The maximum Gasteiger partial charge on any atom is 0.0171 e. The summed E-state index contributed by atoms with van der Waals surface area (Å²) in [7, 11) is 0. The molecule has 1 aromatic rings. The fourth-order valence-corrected chi connectivity index (χ4v) is 4.30. The molecule has 1 saturated carbocycles. The monoisotopic (exact) mass is 305 g/mol. The molecule has 1 atom stereocenters. The summed E-state index contributed by atoms with van der Waals surface area (Å²) >= 11 is 2.11. The normalized spacial score (nSPS) is 18.7. The molecule has 0 bridgehead atoms. The van der Waals surface area contributed by atoms with Gasteiger partial charge in [0.1, 0.15) is 0 Å². The fourth-order valence-electron chi connectivity index (χ4n) is 2.99. The predicted octanol–water partition coefficient (Wildman–Crippen LogP) is 4.92. The smallest absolute Gasteiger partial charge is 0.0171 e. The zero-order chi connectivity index (χ0) is 15.3. The quantitative estimate of drug-likeness (QED) is 0.835. The van der Waals surface area contributed by atoms with Gasteiger partial charge in [0.15, 0.2) is 0 Å². The van der Waals surface area contributed by atoms with E-state index in [0.717, 1.165) is 17.4 Å². The molecule has 1 aromatic carbocycles. The van der Waals surface area contributed by atoms with Gasteiger partial charge >= 0.3 is 0 Å². The van der Waals surface area contributed by atoms with Crippen LogP contribution in [0.5, 0.6) is 0 Å². The Hall–Kier alpha value is -0.470. The first-order chi connectivity index (χ1) is 9.95. The molecule has 2 rings (SSSR count). The Morgan fingerprint density at radius 1 is 1.10 bits per heavy atom. The zero-order valence-corrected chi connectivity index (χ0v) is 14.7. The van der Waals surface area contributed by atoms with Crippen molar-refractivity contribution < 1.29 is 0 Å². The first-order valence-corrected chi connectivity index (χ1v) is 9.46. The standard InChI is InChI=1S/C19H31NS/c1-19(2,3)16-11-9-15(10-12-16)13-17(20)14-21-18-7-5-4-6-8-18/h9-12,17-18H,4-8,13-14,20H2,1-3H3. The molecule has 0 aromatic heterocycles. The summed E-state index contributed by atoms with van der Waals surface area (Å²) in [5, 5.41) is 0.869. The van der Waals surface area contributed by atoms with E-state index in [1.807, 2.05) is 0 Å². The molecule has 1 nitrogen and oxygen atoms in total. The van der Waals surface area contributed by atoms with Crippen LogP contribution in [0.3, 0.4) is 0 Å². The molecule has 0 amide bonds. The SMILES string of the molecule is CC(C)(C)c1ccc(CC(N)CSC2CCCCC2)cc1. The lowest BCUT2D eigenvalue weighted by Crippen LogP contribution is -2.27. The minimum Gasteiger partial charge on any atom is -0.327 e. The third-order valence-corrected chi connectivity index (χ3v) is 5.98. The Morgan fingerprint density at radius 2 is 1.71 bits per heavy atom. The van der Waals surface area contributed by atoms with Gasteiger partial charge in [0.2, 0.25) is 0 Å². The van der Waals surface area contributed by atoms with Crippen LogP contribution in [0.25, 0.3) is 0 Å². The van der Waals surface area contributed by atoms with E-state index in [9.17, 15) is 0 Å². The fraction of sp³-hybridized carbons (Fsp3) is 0.684. The van der Waals surface area contributed by atoms with E-state index in [2.05, 4.69) is 56.8 Å². The van der Waals surface area contributed by atoms with Crippen molar-refractivity contribution >= 4 is 11.8 Å². The van der Waals surface area contributed by atoms with Gasteiger partial charge in [0.25, 0.3) is 0 Å². The number of benzene rings is 1. The van der Waals surface area contributed by atoms with Crippen molar-refractivity contribution in [3.05, 3.63) is 35.4 Å². The molecule has 0 spiro atoms. The first kappa shape index (κ1) is 16.9. The minimum atomic E-state index is 0.234. The van der Waals surface area contributed by atoms with E-state index < -0.39 is 0 Å². The highest BCUT2D eigenvalue weighted by atomic mass is 32.2. The third kappa shape index (κ3) is 5.67. The Labute approximate surface area is 135 Å². The molecular formula is C19H31NS. The van der Waals surface area contributed by atoms with E-state index >= 15 is 0 Å². The summed E-state index contributed by atoms with van der Waals surface area (Å²) in [6.07, 6.45) is 8.07. The van der Waals surface area contributed by atoms with Gasteiger partial charge in [-0.25, -0.2) is 0 Å². The van der Waals surface area contributed by atoms with Gasteiger partial charge in [-0.05, 0) is 35.8 Å². The molecule has 1 aliphatic carbocycles. The summed E-state index contributed by atoms with van der Waals surface area (Å²) < 4.78 is 0. The number of hydrogen-bond acceptors (Lipinski definition) is 2. The average Bonchev–Trinajstić information content (AvgIpc) is 2.46. The molecule has 0 radical (unpaired) electrons. The highest BCUT2D eigenvalue weighted by Crippen LogP contribution is 2.28. The molecule has 1 fully saturated rings. The minimum absolute atomic E-state index is 0.234. The second kappa shape index (κ2) is 7.69. The Morgan fingerprint density at radius 3 is 2.29 bits per heavy atom. The van der Waals surface area contributed by atoms with Crippen molar-refractivity contribution in [3.8, 4) is 0 Å². The molecule has 1 unspecified atom stereocenters. The van der Waals surface area contributed by atoms with Gasteiger partial charge < -0.3 is 5.73 Å². The summed E-state index contributed by atoms with van der Waals surface area (Å²) in [6.45, 7) is 6.78. The van der Waals surface area contributed by atoms with Crippen LogP contribution >= 0.6 is 11.8 Å². The van der Waals surface area contributed by atoms with Crippen LogP contribution in [-0.4, -0.2) is 17.0 Å². The number of thioether (sulfide) groups is 1. The van der Waals surface area contributed by atoms with Gasteiger partial charge in [0, 0.05) is 17.0 Å². The van der Waals surface area contributed by atoms with Crippen molar-refractivity contribution in [2.24, 2.45) is 5.73 Å². The van der Waals surface area contributed by atoms with Crippen molar-refractivity contribution in [2.45, 2.75) is 76.0 Å². The maximum absolute atomic E-state index is 6.33. The van der Waals surface area contributed by atoms with E-state index in [1.165, 1.54) is 43.2 Å². The van der Waals surface area contributed by atoms with Crippen molar-refractivity contribution in [1.82, 2.24) is 0 Å². The lowest BCUT2D eigenvalue weighted by molar-refractivity contribution is 0.515. The highest BCUT2D eigenvalue weighted by molar-refractivity contribution is 7.99. The second-order valence-electron chi connectivity index (χ2n) is 7.50. The number of hydrogen-bond donors (Lipinski definition) is 1. The molecular weight excluding hydrogens is 274 g/mol. The Bertz CT molecular complexity index is 412. The van der Waals surface area contributed by atoms with Gasteiger partial charge in [-0.15, -0.1) is 0 Å². The second-order valence-corrected chi connectivity index (χ2v) is 8.84. The van der Waals surface area contributed by atoms with E-state index in [0.29, 0.717) is 0 Å². The third-order valence-electron chi connectivity index (χ3n) is 4.42. The van der Waals surface area contributed by atoms with Crippen LogP contribution in [0.1, 0.15) is 64.0 Å². The van der Waals surface area contributed by atoms with Crippen molar-refractivity contribution in [2.75, 3.05) is 5.75 Å². The highest BCUT2D eigenvalue weighted by Gasteiger charge is 2.16. The Kier molecular flexibility index (Phi) is 6.19. The van der Waals surface area contributed by atoms with Gasteiger partial charge in [-0.1, -0.05) is 64.3 Å². The van der Waals surface area contributed by atoms with Crippen LogP contribution in [0.2, 0.25) is 0 Å². The van der Waals surface area contributed by atoms with Gasteiger partial charge in [0.05, 0.1) is 0 Å². The van der Waals surface area contributed by atoms with E-state index in [4.69, 9.17) is 5.73 Å². The van der Waals surface area contributed by atoms with Gasteiger partial charge in [-0.2, -0.15) is 11.8 Å². The maximum atomic E-state index is 6.33. The topological polar surface area (TPSA) is 26.0 Å². The number of nitrogens with two attached hydrogens (primary N) is 1. The van der Waals surface area contributed by atoms with Crippen LogP contribution < -0.4 is 5.73 Å². The molecule has 118 valence electrons. The first-order valence-electron chi connectivity index (χ1n) is 8.42. The molecule has 0 aliphatic heterocycles. The lowest BCUT2D eigenvalue weighted by Gasteiger charge is -2.23. The summed E-state index contributed by atoms with van der Waals surface area (Å²) in [5.41, 5.74) is 9.33. The zero-order valence-electron chi connectivity index (χ0n) is 13.9. The summed E-state index contributed by atoms with van der Waals surface area (Å²) in [5.74, 6) is 1.10. The number of rotatable bonds is 5. The summed E-state index contributed by atoms with van der Waals surface area (Å²) in [6, 6.07) is 9.32. The average molecular weight is 306 g/mol. The molecule has 1 aliphatic rings. The van der Waals surface area contributed by atoms with Crippen LogP contribution in [0.15, 0.2) is 24.3 Å². The van der Waals surface area contributed by atoms with Crippen LogP contribution in [0, 0.1) is 0 Å². The predicted molar refractivity (Wildman–Crippen MR) is 96.2 cm³/mol. The molecule has 2 N–H and O–H groups in total. The molecule has 2 heteroatoms. The molecule has 21 heavy (non-hydrogen) atoms. The summed E-state index contributed by atoms with van der Waals surface area (Å²) in [4.78, 5) is 0. The van der Waals surface area contributed by atoms with E-state index in [1.54, 1.807) is 0 Å². The Balaban J connectivity index is 1.78. The largest absolute Gasteiger partial charge is 0.327 e.